The third kappa shape index (κ3) is 6.05. The van der Waals surface area contributed by atoms with E-state index in [0.29, 0.717) is 28.6 Å². The van der Waals surface area contributed by atoms with Crippen molar-refractivity contribution in [3.05, 3.63) is 276 Å². The summed E-state index contributed by atoms with van der Waals surface area (Å²) >= 11 is 0. The minimum atomic E-state index is -0.742. The first-order valence-electron chi connectivity index (χ1n) is 22.6. The monoisotopic (exact) mass is 860 g/mol. The Kier molecular flexibility index (Phi) is 8.83. The van der Waals surface area contributed by atoms with Crippen molar-refractivity contribution in [1.29, 1.82) is 0 Å². The molecule has 0 atom stereocenters. The fraction of sp³-hybridized carbons (Fsp3) is 0.0161. The molecule has 0 N–H and O–H groups in total. The normalized spacial score (nSPS) is 13.2. The maximum Gasteiger partial charge on any atom is 0.193 e. The second kappa shape index (κ2) is 15.4. The summed E-state index contributed by atoms with van der Waals surface area (Å²) in [6.07, 6.45) is 0. The number of fused-ring (bicyclic) bond motifs is 7. The first-order valence-corrected chi connectivity index (χ1v) is 22.6. The lowest BCUT2D eigenvalue weighted by atomic mass is 9.59. The van der Waals surface area contributed by atoms with E-state index in [0.717, 1.165) is 83.5 Å². The molecule has 5 heteroatoms. The molecule has 2 heterocycles. The lowest BCUT2D eigenvalue weighted by Gasteiger charge is -2.42. The van der Waals surface area contributed by atoms with Crippen molar-refractivity contribution in [2.75, 3.05) is 4.90 Å². The molecular weight excluding hydrogens is 821 g/mol. The molecule has 13 rings (SSSR count). The van der Waals surface area contributed by atoms with Crippen molar-refractivity contribution in [1.82, 2.24) is 4.57 Å². The zero-order valence-corrected chi connectivity index (χ0v) is 36.2. The number of ether oxygens (including phenoxy) is 2. The Hall–Kier alpha value is -8.93. The van der Waals surface area contributed by atoms with Crippen molar-refractivity contribution in [3.8, 4) is 39.8 Å². The second-order valence-electron chi connectivity index (χ2n) is 17.2. The molecule has 316 valence electrons. The summed E-state index contributed by atoms with van der Waals surface area (Å²) in [6.45, 7) is 0. The average Bonchev–Trinajstić information content (AvgIpc) is 3.71. The van der Waals surface area contributed by atoms with E-state index in [2.05, 4.69) is 191 Å². The number of aromatic nitrogens is 1. The highest BCUT2D eigenvalue weighted by molar-refractivity contribution is 6.15. The van der Waals surface area contributed by atoms with Crippen LogP contribution in [-0.4, -0.2) is 10.4 Å². The molecule has 0 fully saturated rings. The molecular formula is C62H40N2O3. The van der Waals surface area contributed by atoms with E-state index in [4.69, 9.17) is 9.47 Å². The topological polar surface area (TPSA) is 43.7 Å². The Balaban J connectivity index is 1.02. The Morgan fingerprint density at radius 3 is 1.60 bits per heavy atom. The summed E-state index contributed by atoms with van der Waals surface area (Å²) < 4.78 is 15.4. The zero-order chi connectivity index (χ0) is 44.5. The highest BCUT2D eigenvalue weighted by Gasteiger charge is 2.46. The molecule has 1 aromatic heterocycles. The van der Waals surface area contributed by atoms with Gasteiger partial charge in [-0.25, -0.2) is 0 Å². The van der Waals surface area contributed by atoms with Gasteiger partial charge in [-0.3, -0.25) is 4.79 Å². The van der Waals surface area contributed by atoms with Gasteiger partial charge in [0, 0.05) is 50.7 Å². The molecule has 0 spiro atoms. The van der Waals surface area contributed by atoms with Crippen molar-refractivity contribution in [2.45, 2.75) is 5.41 Å². The number of rotatable bonds is 7. The third-order valence-electron chi connectivity index (χ3n) is 13.5. The fourth-order valence-electron chi connectivity index (χ4n) is 10.6. The maximum absolute atomic E-state index is 14.5. The highest BCUT2D eigenvalue weighted by atomic mass is 16.6. The van der Waals surface area contributed by atoms with Crippen LogP contribution in [0.25, 0.3) is 38.6 Å². The molecule has 0 bridgehead atoms. The Morgan fingerprint density at radius 2 is 0.925 bits per heavy atom. The number of nitrogens with zero attached hydrogens (tertiary/aromatic N) is 2. The van der Waals surface area contributed by atoms with E-state index < -0.39 is 5.41 Å². The number of anilines is 3. The van der Waals surface area contributed by atoms with Gasteiger partial charge in [-0.2, -0.15) is 0 Å². The zero-order valence-electron chi connectivity index (χ0n) is 36.2. The largest absolute Gasteiger partial charge is 0.449 e. The molecule has 5 nitrogen and oxygen atoms in total. The quantitative estimate of drug-likeness (QED) is 0.160. The van der Waals surface area contributed by atoms with Gasteiger partial charge in [-0.1, -0.05) is 158 Å². The molecule has 1 aliphatic heterocycles. The van der Waals surface area contributed by atoms with Crippen LogP contribution in [0.5, 0.6) is 23.0 Å². The minimum Gasteiger partial charge on any atom is -0.449 e. The van der Waals surface area contributed by atoms with Gasteiger partial charge in [-0.05, 0) is 112 Å². The molecule has 0 radical (unpaired) electrons. The Labute approximate surface area is 388 Å². The van der Waals surface area contributed by atoms with Crippen LogP contribution >= 0.6 is 0 Å². The lowest BCUT2D eigenvalue weighted by molar-refractivity contribution is 0.103. The second-order valence-corrected chi connectivity index (χ2v) is 17.2. The van der Waals surface area contributed by atoms with E-state index in [1.54, 1.807) is 0 Å². The van der Waals surface area contributed by atoms with Crippen LogP contribution < -0.4 is 14.4 Å². The predicted octanol–water partition coefficient (Wildman–Crippen LogP) is 15.7. The molecule has 0 amide bonds. The number of benzene rings is 10. The van der Waals surface area contributed by atoms with Gasteiger partial charge in [0.05, 0.1) is 16.4 Å². The van der Waals surface area contributed by atoms with Crippen LogP contribution in [0.3, 0.4) is 0 Å². The van der Waals surface area contributed by atoms with E-state index in [1.807, 2.05) is 60.7 Å². The van der Waals surface area contributed by atoms with E-state index in [-0.39, 0.29) is 5.78 Å². The van der Waals surface area contributed by atoms with E-state index >= 15 is 0 Å². The van der Waals surface area contributed by atoms with Gasteiger partial charge in [0.1, 0.15) is 0 Å². The van der Waals surface area contributed by atoms with E-state index in [9.17, 15) is 4.79 Å². The summed E-state index contributed by atoms with van der Waals surface area (Å²) in [5, 5.41) is 2.10. The first kappa shape index (κ1) is 38.5. The number of carbonyl (C=O) groups is 1. The molecule has 0 unspecified atom stereocenters. The molecule has 10 aromatic carbocycles. The number of ketones is 1. The molecule has 2 aliphatic rings. The third-order valence-corrected chi connectivity index (χ3v) is 13.5. The van der Waals surface area contributed by atoms with Crippen molar-refractivity contribution >= 4 is 44.7 Å². The van der Waals surface area contributed by atoms with Crippen molar-refractivity contribution in [3.63, 3.8) is 0 Å². The van der Waals surface area contributed by atoms with Gasteiger partial charge in [-0.15, -0.1) is 0 Å². The van der Waals surface area contributed by atoms with Crippen LogP contribution in [-0.2, 0) is 5.41 Å². The van der Waals surface area contributed by atoms with Crippen LogP contribution in [0.2, 0.25) is 0 Å². The Bertz CT molecular complexity index is 3630. The maximum atomic E-state index is 14.5. The van der Waals surface area contributed by atoms with Gasteiger partial charge in [0.25, 0.3) is 0 Å². The SMILES string of the molecule is O=C1c2ccccc2C(c2ccccc2)(c2ccccc2)c2cc(-c3cccc(-n4c5ccc(N(c6ccccc6)c6ccccc6)cc5c5cc6c(cc54)Oc4ccccc4O6)c3)ccc21. The molecule has 0 saturated heterocycles. The number of carbonyl (C=O) groups excluding carboxylic acids is 1. The fourth-order valence-corrected chi connectivity index (χ4v) is 10.6. The molecule has 0 saturated carbocycles. The van der Waals surface area contributed by atoms with Crippen molar-refractivity contribution in [2.24, 2.45) is 0 Å². The predicted molar refractivity (Wildman–Crippen MR) is 269 cm³/mol. The van der Waals surface area contributed by atoms with Crippen LogP contribution in [0, 0.1) is 0 Å². The molecule has 67 heavy (non-hydrogen) atoms. The summed E-state index contributed by atoms with van der Waals surface area (Å²) in [4.78, 5) is 16.8. The smallest absolute Gasteiger partial charge is 0.193 e. The Morgan fingerprint density at radius 1 is 0.373 bits per heavy atom. The number of para-hydroxylation sites is 4. The highest BCUT2D eigenvalue weighted by Crippen LogP contribution is 2.53. The number of hydrogen-bond acceptors (Lipinski definition) is 4. The minimum absolute atomic E-state index is 0.0355. The van der Waals surface area contributed by atoms with Crippen LogP contribution in [0.4, 0.5) is 17.1 Å². The van der Waals surface area contributed by atoms with Gasteiger partial charge in [0.15, 0.2) is 28.8 Å². The van der Waals surface area contributed by atoms with Crippen molar-refractivity contribution < 1.29 is 14.3 Å². The lowest BCUT2D eigenvalue weighted by Crippen LogP contribution is -2.38. The van der Waals surface area contributed by atoms with Crippen LogP contribution in [0.1, 0.15) is 38.2 Å². The summed E-state index contributed by atoms with van der Waals surface area (Å²) in [5.41, 5.74) is 13.1. The molecule has 11 aromatic rings. The average molecular weight is 861 g/mol. The first-order chi connectivity index (χ1) is 33.1. The molecule has 1 aliphatic carbocycles. The van der Waals surface area contributed by atoms with Crippen LogP contribution in [0.15, 0.2) is 243 Å². The van der Waals surface area contributed by atoms with Gasteiger partial charge < -0.3 is 18.9 Å². The summed E-state index contributed by atoms with van der Waals surface area (Å²) in [5.74, 6) is 2.72. The summed E-state index contributed by atoms with van der Waals surface area (Å²) in [6, 6.07) is 84.1. The van der Waals surface area contributed by atoms with E-state index in [1.165, 1.54) is 0 Å². The standard InChI is InChI=1S/C62H40N2O3/c65-61-49-28-13-14-29-53(49)62(43-19-5-1-6-20-43,44-21-7-2-8-22-44)54-37-42(32-34-50(54)61)41-18-17-27-47(36-41)64-55-35-33-48(63(45-23-9-3-10-24-45)46-25-11-4-12-26-46)38-51(55)52-39-59-60(40-56(52)64)67-58-31-16-15-30-57(58)66-59/h1-40H. The number of hydrogen-bond donors (Lipinski definition) is 0. The van der Waals surface area contributed by atoms with Gasteiger partial charge in [0.2, 0.25) is 0 Å². The summed E-state index contributed by atoms with van der Waals surface area (Å²) in [7, 11) is 0. The van der Waals surface area contributed by atoms with Gasteiger partial charge >= 0.3 is 0 Å².